The SMILES string of the molecule is CC/C=C\C/C=C\C/C=C\C/C=C\C/C=C\C/C=C\C/C=C\CCCCCCCCCCCCCCCCCCCC(=O)OC(COC(=O)CCCCCCCCCCCCCCCCCCC/C=C\C/C=C\CCCCCCC)COC(OCC[N+](C)(C)C)C(=O)O. The predicted molar refractivity (Wildman–Crippen MR) is 401 cm³/mol. The molecule has 1 N–H and O–H groups in total. The van der Waals surface area contributed by atoms with Crippen LogP contribution in [0, 0.1) is 0 Å². The van der Waals surface area contributed by atoms with E-state index in [-0.39, 0.29) is 32.2 Å². The van der Waals surface area contributed by atoms with Crippen molar-refractivity contribution in [1.29, 1.82) is 0 Å². The molecule has 0 aromatic rings. The van der Waals surface area contributed by atoms with Gasteiger partial charge in [-0.25, -0.2) is 4.79 Å². The van der Waals surface area contributed by atoms with Crippen molar-refractivity contribution in [2.45, 2.75) is 360 Å². The molecule has 2 atom stereocenters. The summed E-state index contributed by atoms with van der Waals surface area (Å²) in [7, 11) is 5.99. The fraction of sp³-hybridized carbons (Fsp3) is 0.750. The first-order chi connectivity index (χ1) is 45.6. The van der Waals surface area contributed by atoms with Gasteiger partial charge in [0.05, 0.1) is 34.4 Å². The molecule has 0 aliphatic heterocycles. The van der Waals surface area contributed by atoms with Gasteiger partial charge < -0.3 is 28.5 Å². The quantitative estimate of drug-likeness (QED) is 0.0211. The second kappa shape index (κ2) is 73.8. The second-order valence-electron chi connectivity index (χ2n) is 27.3. The van der Waals surface area contributed by atoms with Crippen molar-refractivity contribution in [3.63, 3.8) is 0 Å². The van der Waals surface area contributed by atoms with Gasteiger partial charge >= 0.3 is 17.9 Å². The lowest BCUT2D eigenvalue weighted by Crippen LogP contribution is -2.40. The second-order valence-corrected chi connectivity index (χ2v) is 27.3. The van der Waals surface area contributed by atoms with Crippen LogP contribution in [0.5, 0.6) is 0 Å². The molecule has 93 heavy (non-hydrogen) atoms. The van der Waals surface area contributed by atoms with Crippen LogP contribution in [0.15, 0.2) is 109 Å². The molecule has 0 rings (SSSR count). The van der Waals surface area contributed by atoms with Crippen molar-refractivity contribution in [1.82, 2.24) is 0 Å². The molecule has 9 heteroatoms. The van der Waals surface area contributed by atoms with Crippen LogP contribution < -0.4 is 0 Å². The number of likely N-dealkylation sites (N-methyl/N-ethyl adjacent to an activating group) is 1. The van der Waals surface area contributed by atoms with Crippen LogP contribution in [0.3, 0.4) is 0 Å². The fourth-order valence-corrected chi connectivity index (χ4v) is 11.1. The molecule has 0 aromatic carbocycles. The standard InChI is InChI=1S/C84H147NO8/c1-6-8-10-12-14-16-18-20-22-24-26-28-30-32-34-36-37-38-39-40-41-42-43-44-45-47-49-51-53-55-57-59-61-63-65-67-69-71-73-75-82(87)93-80(79-92-84(83(88)89)90-77-76-85(3,4)5)78-91-81(86)74-72-70-68-66-64-62-60-58-56-54-52-50-48-46-35-33-31-29-27-25-23-21-19-17-15-13-11-9-7-2/h8,10,14,16,19-22,25-28,32,34,37-38,40-41,80,84H,6-7,9,11-13,15,17-18,23-24,29-31,33,35-36,39,42-79H2,1-5H3/p+1/b10-8-,16-14-,21-19-,22-20-,27-25-,28-26-,34-32-,38-37-,41-40-. The summed E-state index contributed by atoms with van der Waals surface area (Å²) >= 11 is 0. The van der Waals surface area contributed by atoms with Gasteiger partial charge in [-0.15, -0.1) is 0 Å². The number of hydrogen-bond donors (Lipinski definition) is 1. The van der Waals surface area contributed by atoms with E-state index in [1.165, 1.54) is 231 Å². The highest BCUT2D eigenvalue weighted by atomic mass is 16.7. The molecule has 0 spiro atoms. The van der Waals surface area contributed by atoms with Gasteiger partial charge in [0.2, 0.25) is 0 Å². The Morgan fingerprint density at radius 3 is 0.914 bits per heavy atom. The Labute approximate surface area is 575 Å². The molecular weight excluding hydrogens is 1150 g/mol. The smallest absolute Gasteiger partial charge is 0.361 e. The van der Waals surface area contributed by atoms with E-state index in [4.69, 9.17) is 18.9 Å². The molecule has 0 saturated heterocycles. The largest absolute Gasteiger partial charge is 0.477 e. The maximum atomic E-state index is 13.0. The summed E-state index contributed by atoms with van der Waals surface area (Å²) in [6.07, 6.45) is 101. The minimum atomic E-state index is -1.51. The highest BCUT2D eigenvalue weighted by Gasteiger charge is 2.25. The normalized spacial score (nSPS) is 13.3. The lowest BCUT2D eigenvalue weighted by molar-refractivity contribution is -0.870. The maximum absolute atomic E-state index is 13.0. The number of hydrogen-bond acceptors (Lipinski definition) is 7. The number of carboxylic acid groups (broad SMARTS) is 1. The average molecular weight is 1300 g/mol. The van der Waals surface area contributed by atoms with Crippen LogP contribution in [0.4, 0.5) is 0 Å². The molecule has 0 fully saturated rings. The predicted octanol–water partition coefficient (Wildman–Crippen LogP) is 24.9. The Bertz CT molecular complexity index is 1900. The zero-order valence-corrected chi connectivity index (χ0v) is 61.4. The Morgan fingerprint density at radius 1 is 0.333 bits per heavy atom. The van der Waals surface area contributed by atoms with Crippen molar-refractivity contribution < 1.29 is 42.9 Å². The van der Waals surface area contributed by atoms with E-state index >= 15 is 0 Å². The van der Waals surface area contributed by atoms with E-state index in [1.54, 1.807) is 0 Å². The first kappa shape index (κ1) is 89.0. The Morgan fingerprint density at radius 2 is 0.613 bits per heavy atom. The number of carboxylic acids is 1. The van der Waals surface area contributed by atoms with E-state index < -0.39 is 24.3 Å². The number of unbranched alkanes of at least 4 members (excludes halogenated alkanes) is 39. The molecule has 0 radical (unpaired) electrons. The molecule has 0 aromatic heterocycles. The van der Waals surface area contributed by atoms with Crippen molar-refractivity contribution in [3.05, 3.63) is 109 Å². The number of quaternary nitrogens is 1. The minimum absolute atomic E-state index is 0.182. The van der Waals surface area contributed by atoms with E-state index in [0.29, 0.717) is 17.4 Å². The molecule has 0 saturated carbocycles. The van der Waals surface area contributed by atoms with E-state index in [0.717, 1.165) is 89.9 Å². The van der Waals surface area contributed by atoms with E-state index in [2.05, 4.69) is 123 Å². The van der Waals surface area contributed by atoms with Crippen LogP contribution in [0.2, 0.25) is 0 Å². The van der Waals surface area contributed by atoms with Gasteiger partial charge in [-0.3, -0.25) is 9.59 Å². The number of rotatable bonds is 72. The van der Waals surface area contributed by atoms with Crippen LogP contribution in [-0.2, 0) is 33.3 Å². The number of nitrogens with zero attached hydrogens (tertiary/aromatic N) is 1. The van der Waals surface area contributed by atoms with Gasteiger partial charge in [0.15, 0.2) is 6.10 Å². The summed E-state index contributed by atoms with van der Waals surface area (Å²) in [5.74, 6) is -1.99. The zero-order valence-electron chi connectivity index (χ0n) is 61.4. The molecule has 0 bridgehead atoms. The topological polar surface area (TPSA) is 108 Å². The van der Waals surface area contributed by atoms with Crippen LogP contribution in [0.1, 0.15) is 348 Å². The lowest BCUT2D eigenvalue weighted by atomic mass is 10.0. The zero-order chi connectivity index (χ0) is 67.5. The minimum Gasteiger partial charge on any atom is -0.477 e. The number of aliphatic carboxylic acids is 1. The number of carbonyl (C=O) groups excluding carboxylic acids is 2. The molecule has 9 nitrogen and oxygen atoms in total. The Balaban J connectivity index is 4.03. The van der Waals surface area contributed by atoms with Gasteiger partial charge in [-0.1, -0.05) is 342 Å². The van der Waals surface area contributed by atoms with Crippen molar-refractivity contribution >= 4 is 17.9 Å². The Hall–Kier alpha value is -4.05. The number of esters is 2. The van der Waals surface area contributed by atoms with E-state index in [1.807, 2.05) is 21.1 Å². The van der Waals surface area contributed by atoms with Gasteiger partial charge in [0, 0.05) is 12.8 Å². The molecule has 2 unspecified atom stereocenters. The third-order valence-electron chi connectivity index (χ3n) is 17.0. The third-order valence-corrected chi connectivity index (χ3v) is 17.0. The summed E-state index contributed by atoms with van der Waals surface area (Å²) in [5, 5.41) is 9.77. The fourth-order valence-electron chi connectivity index (χ4n) is 11.1. The summed E-state index contributed by atoms with van der Waals surface area (Å²) in [6, 6.07) is 0. The average Bonchev–Trinajstić information content (AvgIpc) is 3.38. The lowest BCUT2D eigenvalue weighted by Gasteiger charge is -2.25. The number of allylic oxidation sites excluding steroid dienone is 18. The van der Waals surface area contributed by atoms with Crippen LogP contribution in [-0.4, -0.2) is 87.4 Å². The van der Waals surface area contributed by atoms with E-state index in [9.17, 15) is 19.5 Å². The van der Waals surface area contributed by atoms with Gasteiger partial charge in [-0.2, -0.15) is 0 Å². The maximum Gasteiger partial charge on any atom is 0.361 e. The van der Waals surface area contributed by atoms with Gasteiger partial charge in [-0.05, 0) is 103 Å². The summed E-state index contributed by atoms with van der Waals surface area (Å²) in [4.78, 5) is 37.7. The molecule has 536 valence electrons. The summed E-state index contributed by atoms with van der Waals surface area (Å²) in [6.45, 7) is 4.79. The molecule has 0 heterocycles. The monoisotopic (exact) mass is 1300 g/mol. The first-order valence-corrected chi connectivity index (χ1v) is 39.1. The van der Waals surface area contributed by atoms with Crippen molar-refractivity contribution in [3.8, 4) is 0 Å². The molecule has 0 amide bonds. The number of ether oxygens (including phenoxy) is 4. The van der Waals surface area contributed by atoms with Crippen molar-refractivity contribution in [2.24, 2.45) is 0 Å². The van der Waals surface area contributed by atoms with Crippen LogP contribution >= 0.6 is 0 Å². The molecule has 0 aliphatic carbocycles. The third kappa shape index (κ3) is 75.2. The summed E-state index contributed by atoms with van der Waals surface area (Å²) < 4.78 is 23.0. The van der Waals surface area contributed by atoms with Gasteiger partial charge in [0.1, 0.15) is 13.2 Å². The molecular formula is C84H148NO8+. The molecule has 0 aliphatic rings. The first-order valence-electron chi connectivity index (χ1n) is 39.1. The summed E-state index contributed by atoms with van der Waals surface area (Å²) in [5.41, 5.74) is 0. The van der Waals surface area contributed by atoms with Crippen molar-refractivity contribution in [2.75, 3.05) is 47.5 Å². The Kier molecular flexibility index (Phi) is 70.5. The highest BCUT2D eigenvalue weighted by Crippen LogP contribution is 2.18. The number of carbonyl (C=O) groups is 3. The van der Waals surface area contributed by atoms with Crippen LogP contribution in [0.25, 0.3) is 0 Å². The highest BCUT2D eigenvalue weighted by molar-refractivity contribution is 5.71. The van der Waals surface area contributed by atoms with Gasteiger partial charge in [0.25, 0.3) is 6.29 Å².